The van der Waals surface area contributed by atoms with Crippen LogP contribution in [0.2, 0.25) is 0 Å². The molecule has 0 bridgehead atoms. The fourth-order valence-electron chi connectivity index (χ4n) is 2.23. The van der Waals surface area contributed by atoms with Gasteiger partial charge in [0.1, 0.15) is 17.5 Å². The predicted molar refractivity (Wildman–Crippen MR) is 75.3 cm³/mol. The molecule has 2 rings (SSSR count). The molecule has 1 aromatic heterocycles. The van der Waals surface area contributed by atoms with Gasteiger partial charge in [-0.15, -0.1) is 0 Å². The van der Waals surface area contributed by atoms with E-state index in [1.165, 1.54) is 0 Å². The molecule has 100 valence electrons. The molecular weight excluding hydrogens is 226 g/mol. The molecule has 1 aromatic rings. The van der Waals surface area contributed by atoms with Crippen molar-refractivity contribution in [1.82, 2.24) is 15.3 Å². The van der Waals surface area contributed by atoms with Crippen molar-refractivity contribution in [3.05, 3.63) is 11.9 Å². The van der Waals surface area contributed by atoms with E-state index in [0.29, 0.717) is 5.92 Å². The highest BCUT2D eigenvalue weighted by Gasteiger charge is 2.17. The van der Waals surface area contributed by atoms with Crippen molar-refractivity contribution >= 4 is 11.6 Å². The minimum absolute atomic E-state index is 0.644. The first-order valence-corrected chi connectivity index (χ1v) is 6.55. The summed E-state index contributed by atoms with van der Waals surface area (Å²) in [6.07, 6.45) is 0. The Morgan fingerprint density at radius 3 is 2.89 bits per heavy atom. The molecule has 1 aliphatic rings. The van der Waals surface area contributed by atoms with Crippen LogP contribution < -0.4 is 15.1 Å². The van der Waals surface area contributed by atoms with Crippen molar-refractivity contribution in [1.29, 1.82) is 0 Å². The van der Waals surface area contributed by atoms with Gasteiger partial charge in [-0.3, -0.25) is 0 Å². The number of hydrogen-bond acceptors (Lipinski definition) is 5. The van der Waals surface area contributed by atoms with Gasteiger partial charge in [-0.1, -0.05) is 6.92 Å². The second kappa shape index (κ2) is 5.52. The van der Waals surface area contributed by atoms with Crippen LogP contribution in [0.1, 0.15) is 12.7 Å². The fraction of sp³-hybridized carbons (Fsp3) is 0.692. The molecule has 1 N–H and O–H groups in total. The molecule has 1 aliphatic heterocycles. The van der Waals surface area contributed by atoms with E-state index in [1.54, 1.807) is 0 Å². The Morgan fingerprint density at radius 1 is 1.39 bits per heavy atom. The number of aryl methyl sites for hydroxylation is 1. The Bertz CT molecular complexity index is 404. The summed E-state index contributed by atoms with van der Waals surface area (Å²) in [7, 11) is 4.02. The van der Waals surface area contributed by atoms with Crippen LogP contribution >= 0.6 is 0 Å². The zero-order chi connectivity index (χ0) is 13.1. The second-order valence-corrected chi connectivity index (χ2v) is 5.28. The monoisotopic (exact) mass is 249 g/mol. The molecule has 0 aliphatic carbocycles. The third-order valence-corrected chi connectivity index (χ3v) is 3.18. The van der Waals surface area contributed by atoms with E-state index in [0.717, 1.165) is 43.6 Å². The van der Waals surface area contributed by atoms with E-state index in [2.05, 4.69) is 33.2 Å². The van der Waals surface area contributed by atoms with Crippen molar-refractivity contribution in [3.8, 4) is 0 Å². The molecule has 1 atom stereocenters. The summed E-state index contributed by atoms with van der Waals surface area (Å²) in [6.45, 7) is 8.39. The molecule has 5 heteroatoms. The zero-order valence-electron chi connectivity index (χ0n) is 11.8. The van der Waals surface area contributed by atoms with Crippen molar-refractivity contribution in [2.45, 2.75) is 13.8 Å². The minimum atomic E-state index is 0.644. The molecule has 18 heavy (non-hydrogen) atoms. The van der Waals surface area contributed by atoms with Crippen LogP contribution in [0.15, 0.2) is 6.07 Å². The number of hydrogen-bond donors (Lipinski definition) is 1. The summed E-state index contributed by atoms with van der Waals surface area (Å²) in [5.74, 6) is 3.50. The number of nitrogens with zero attached hydrogens (tertiary/aromatic N) is 4. The predicted octanol–water partition coefficient (Wildman–Crippen LogP) is 0.897. The molecule has 0 radical (unpaired) electrons. The van der Waals surface area contributed by atoms with E-state index < -0.39 is 0 Å². The molecule has 2 heterocycles. The molecule has 1 saturated heterocycles. The number of rotatable bonds is 2. The minimum Gasteiger partial charge on any atom is -0.363 e. The maximum absolute atomic E-state index is 4.58. The van der Waals surface area contributed by atoms with E-state index in [4.69, 9.17) is 0 Å². The molecule has 1 unspecified atom stereocenters. The molecule has 0 spiro atoms. The summed E-state index contributed by atoms with van der Waals surface area (Å²) in [5.41, 5.74) is 0. The van der Waals surface area contributed by atoms with Crippen molar-refractivity contribution in [3.63, 3.8) is 0 Å². The highest BCUT2D eigenvalue weighted by atomic mass is 15.2. The average Bonchev–Trinajstić information content (AvgIpc) is 2.53. The number of nitrogens with one attached hydrogen (secondary N) is 1. The first kappa shape index (κ1) is 13.1. The van der Waals surface area contributed by atoms with Crippen molar-refractivity contribution in [2.24, 2.45) is 5.92 Å². The van der Waals surface area contributed by atoms with Crippen LogP contribution in [0.5, 0.6) is 0 Å². The largest absolute Gasteiger partial charge is 0.363 e. The molecular formula is C13H23N5. The number of anilines is 2. The maximum atomic E-state index is 4.58. The lowest BCUT2D eigenvalue weighted by Gasteiger charge is -2.24. The lowest BCUT2D eigenvalue weighted by atomic mass is 10.2. The Kier molecular flexibility index (Phi) is 4.01. The third-order valence-electron chi connectivity index (χ3n) is 3.18. The Morgan fingerprint density at radius 2 is 2.17 bits per heavy atom. The molecule has 0 saturated carbocycles. The normalized spacial score (nSPS) is 20.7. The second-order valence-electron chi connectivity index (χ2n) is 5.28. The quantitative estimate of drug-likeness (QED) is 0.843. The Labute approximate surface area is 109 Å². The number of aromatic nitrogens is 2. The molecule has 0 aromatic carbocycles. The van der Waals surface area contributed by atoms with Crippen LogP contribution in [-0.2, 0) is 0 Å². The van der Waals surface area contributed by atoms with Crippen LogP contribution in [0.3, 0.4) is 0 Å². The zero-order valence-corrected chi connectivity index (χ0v) is 11.8. The van der Waals surface area contributed by atoms with Gasteiger partial charge in [0.2, 0.25) is 0 Å². The first-order valence-electron chi connectivity index (χ1n) is 6.55. The van der Waals surface area contributed by atoms with Gasteiger partial charge in [-0.25, -0.2) is 9.97 Å². The molecule has 5 nitrogen and oxygen atoms in total. The van der Waals surface area contributed by atoms with E-state index in [-0.39, 0.29) is 0 Å². The first-order chi connectivity index (χ1) is 8.56. The van der Waals surface area contributed by atoms with Gasteiger partial charge in [0.05, 0.1) is 0 Å². The van der Waals surface area contributed by atoms with Gasteiger partial charge in [0.25, 0.3) is 0 Å². The highest BCUT2D eigenvalue weighted by Crippen LogP contribution is 2.19. The average molecular weight is 249 g/mol. The van der Waals surface area contributed by atoms with Crippen LogP contribution in [0.25, 0.3) is 0 Å². The van der Waals surface area contributed by atoms with Gasteiger partial charge < -0.3 is 15.1 Å². The molecule has 0 amide bonds. The fourth-order valence-corrected chi connectivity index (χ4v) is 2.23. The van der Waals surface area contributed by atoms with E-state index >= 15 is 0 Å². The SMILES string of the molecule is Cc1nc(N(C)C)cc(N2CCNCC(C)C2)n1. The van der Waals surface area contributed by atoms with Gasteiger partial charge in [0, 0.05) is 39.8 Å². The van der Waals surface area contributed by atoms with Gasteiger partial charge in [-0.05, 0) is 19.4 Å². The summed E-state index contributed by atoms with van der Waals surface area (Å²) < 4.78 is 0. The standard InChI is InChI=1S/C13H23N5/c1-10-8-14-5-6-18(9-10)13-7-12(17(3)4)15-11(2)16-13/h7,10,14H,5-6,8-9H2,1-4H3. The van der Waals surface area contributed by atoms with Gasteiger partial charge >= 0.3 is 0 Å². The van der Waals surface area contributed by atoms with Crippen LogP contribution in [-0.4, -0.2) is 50.2 Å². The van der Waals surface area contributed by atoms with Crippen molar-refractivity contribution < 1.29 is 0 Å². The highest BCUT2D eigenvalue weighted by molar-refractivity contribution is 5.50. The Balaban J connectivity index is 2.25. The van der Waals surface area contributed by atoms with E-state index in [9.17, 15) is 0 Å². The maximum Gasteiger partial charge on any atom is 0.134 e. The summed E-state index contributed by atoms with van der Waals surface area (Å²) in [6, 6.07) is 2.07. The van der Waals surface area contributed by atoms with Crippen molar-refractivity contribution in [2.75, 3.05) is 50.1 Å². The topological polar surface area (TPSA) is 44.3 Å². The lowest BCUT2D eigenvalue weighted by molar-refractivity contribution is 0.562. The molecule has 1 fully saturated rings. The Hall–Kier alpha value is -1.36. The smallest absolute Gasteiger partial charge is 0.134 e. The van der Waals surface area contributed by atoms with E-state index in [1.807, 2.05) is 25.9 Å². The van der Waals surface area contributed by atoms with Crippen LogP contribution in [0.4, 0.5) is 11.6 Å². The lowest BCUT2D eigenvalue weighted by Crippen LogP contribution is -2.30. The van der Waals surface area contributed by atoms with Gasteiger partial charge in [-0.2, -0.15) is 0 Å². The third kappa shape index (κ3) is 3.10. The van der Waals surface area contributed by atoms with Gasteiger partial charge in [0.15, 0.2) is 0 Å². The summed E-state index contributed by atoms with van der Waals surface area (Å²) in [5, 5.41) is 3.45. The summed E-state index contributed by atoms with van der Waals surface area (Å²) >= 11 is 0. The summed E-state index contributed by atoms with van der Waals surface area (Å²) in [4.78, 5) is 13.4. The van der Waals surface area contributed by atoms with Crippen LogP contribution in [0, 0.1) is 12.8 Å².